The Hall–Kier alpha value is -7.62. The summed E-state index contributed by atoms with van der Waals surface area (Å²) in [5.74, 6) is 0. The van der Waals surface area contributed by atoms with Gasteiger partial charge in [0.15, 0.2) is 0 Å². The van der Waals surface area contributed by atoms with Crippen LogP contribution < -0.4 is 9.80 Å². The number of rotatable bonds is 8. The fourth-order valence-electron chi connectivity index (χ4n) is 10.4. The molecule has 0 N–H and O–H groups in total. The van der Waals surface area contributed by atoms with Crippen molar-refractivity contribution in [2.24, 2.45) is 0 Å². The molecule has 1 aliphatic rings. The molecule has 10 aromatic rings. The van der Waals surface area contributed by atoms with E-state index in [-0.39, 0.29) is 10.8 Å². The standard InChI is InChI=1S/C63H54N2O/c1-61(2,3)43-31-35-45(36-32-43)63(46-37-33-44(34-38-46)62(4,5)6)54-41-51(64(47-21-11-7-12-22-47)48-23-13-8-14-24-48)39-40-52(54)58-55(63)42-56(59-53-29-19-20-30-57(53)66-60(58)59)65(49-25-15-9-16-26-49)50-27-17-10-18-28-50/h7-42H,1-6H3. The second-order valence-electron chi connectivity index (χ2n) is 19.8. The molecule has 0 aliphatic heterocycles. The van der Waals surface area contributed by atoms with Crippen LogP contribution in [0.1, 0.15) is 74.9 Å². The molecule has 0 spiro atoms. The lowest BCUT2D eigenvalue weighted by Gasteiger charge is -2.36. The molecule has 66 heavy (non-hydrogen) atoms. The molecule has 0 fully saturated rings. The van der Waals surface area contributed by atoms with Crippen LogP contribution in [0.4, 0.5) is 34.1 Å². The molecule has 0 amide bonds. The fourth-order valence-corrected chi connectivity index (χ4v) is 10.4. The highest BCUT2D eigenvalue weighted by Crippen LogP contribution is 2.62. The van der Waals surface area contributed by atoms with Crippen LogP contribution >= 0.6 is 0 Å². The van der Waals surface area contributed by atoms with E-state index in [4.69, 9.17) is 4.42 Å². The van der Waals surface area contributed by atoms with Gasteiger partial charge in [-0.3, -0.25) is 0 Å². The van der Waals surface area contributed by atoms with Crippen molar-refractivity contribution in [3.63, 3.8) is 0 Å². The van der Waals surface area contributed by atoms with Crippen molar-refractivity contribution in [3.05, 3.63) is 252 Å². The summed E-state index contributed by atoms with van der Waals surface area (Å²) in [6, 6.07) is 80.1. The van der Waals surface area contributed by atoms with Crippen LogP contribution in [0.25, 0.3) is 33.1 Å². The highest BCUT2D eigenvalue weighted by Gasteiger charge is 2.49. The van der Waals surface area contributed by atoms with Crippen LogP contribution in [0, 0.1) is 0 Å². The Morgan fingerprint density at radius 3 is 1.30 bits per heavy atom. The largest absolute Gasteiger partial charge is 0.455 e. The molecule has 322 valence electrons. The summed E-state index contributed by atoms with van der Waals surface area (Å²) in [5, 5.41) is 2.17. The van der Waals surface area contributed by atoms with Crippen LogP contribution in [-0.2, 0) is 16.2 Å². The van der Waals surface area contributed by atoms with E-state index in [9.17, 15) is 0 Å². The van der Waals surface area contributed by atoms with E-state index in [2.05, 4.69) is 270 Å². The van der Waals surface area contributed by atoms with Crippen LogP contribution in [0.5, 0.6) is 0 Å². The zero-order chi connectivity index (χ0) is 45.2. The van der Waals surface area contributed by atoms with Crippen LogP contribution in [0.3, 0.4) is 0 Å². The number of furan rings is 1. The van der Waals surface area contributed by atoms with Crippen molar-refractivity contribution in [1.82, 2.24) is 0 Å². The Balaban J connectivity index is 1.32. The summed E-state index contributed by atoms with van der Waals surface area (Å²) in [7, 11) is 0. The van der Waals surface area contributed by atoms with Crippen LogP contribution in [-0.4, -0.2) is 0 Å². The van der Waals surface area contributed by atoms with Gasteiger partial charge in [-0.15, -0.1) is 0 Å². The first kappa shape index (κ1) is 41.1. The van der Waals surface area contributed by atoms with Crippen molar-refractivity contribution in [3.8, 4) is 11.1 Å². The second kappa shape index (κ2) is 15.8. The average Bonchev–Trinajstić information content (AvgIpc) is 3.87. The molecule has 1 aliphatic carbocycles. The quantitative estimate of drug-likeness (QED) is 0.152. The van der Waals surface area contributed by atoms with E-state index < -0.39 is 5.41 Å². The van der Waals surface area contributed by atoms with E-state index in [1.54, 1.807) is 0 Å². The van der Waals surface area contributed by atoms with Gasteiger partial charge in [0.25, 0.3) is 0 Å². The topological polar surface area (TPSA) is 19.6 Å². The molecule has 0 saturated carbocycles. The summed E-state index contributed by atoms with van der Waals surface area (Å²) >= 11 is 0. The van der Waals surface area contributed by atoms with Crippen molar-refractivity contribution < 1.29 is 4.42 Å². The van der Waals surface area contributed by atoms with Crippen LogP contribution in [0.15, 0.2) is 223 Å². The van der Waals surface area contributed by atoms with Gasteiger partial charge in [0, 0.05) is 39.4 Å². The number of nitrogens with zero attached hydrogens (tertiary/aromatic N) is 2. The van der Waals surface area contributed by atoms with E-state index in [0.29, 0.717) is 0 Å². The molecule has 1 aromatic heterocycles. The summed E-state index contributed by atoms with van der Waals surface area (Å²) in [4.78, 5) is 4.80. The molecular formula is C63H54N2O. The highest BCUT2D eigenvalue weighted by molar-refractivity contribution is 6.19. The number of hydrogen-bond acceptors (Lipinski definition) is 3. The molecule has 9 aromatic carbocycles. The third-order valence-electron chi connectivity index (χ3n) is 13.6. The minimum atomic E-state index is -0.770. The van der Waals surface area contributed by atoms with Crippen molar-refractivity contribution in [1.29, 1.82) is 0 Å². The highest BCUT2D eigenvalue weighted by atomic mass is 16.3. The zero-order valence-electron chi connectivity index (χ0n) is 38.6. The molecule has 0 radical (unpaired) electrons. The van der Waals surface area contributed by atoms with Gasteiger partial charge >= 0.3 is 0 Å². The van der Waals surface area contributed by atoms with Gasteiger partial charge in [-0.25, -0.2) is 0 Å². The van der Waals surface area contributed by atoms with Crippen molar-refractivity contribution in [2.75, 3.05) is 9.80 Å². The maximum absolute atomic E-state index is 7.29. The molecule has 0 atom stereocenters. The first-order chi connectivity index (χ1) is 32.0. The Morgan fingerprint density at radius 2 is 0.833 bits per heavy atom. The van der Waals surface area contributed by atoms with Crippen LogP contribution in [0.2, 0.25) is 0 Å². The normalized spacial score (nSPS) is 13.1. The van der Waals surface area contributed by atoms with Gasteiger partial charge in [0.1, 0.15) is 11.2 Å². The van der Waals surface area contributed by atoms with Gasteiger partial charge in [-0.05, 0) is 123 Å². The molecule has 3 nitrogen and oxygen atoms in total. The number of benzene rings is 9. The second-order valence-corrected chi connectivity index (χ2v) is 19.8. The molecule has 0 unspecified atom stereocenters. The maximum Gasteiger partial charge on any atom is 0.145 e. The lowest BCUT2D eigenvalue weighted by Crippen LogP contribution is -2.29. The Bertz CT molecular complexity index is 3200. The zero-order valence-corrected chi connectivity index (χ0v) is 38.6. The lowest BCUT2D eigenvalue weighted by atomic mass is 9.66. The number of fused-ring (bicyclic) bond motifs is 7. The first-order valence-electron chi connectivity index (χ1n) is 23.2. The molecule has 1 heterocycles. The molecule has 0 bridgehead atoms. The third-order valence-corrected chi connectivity index (χ3v) is 13.6. The van der Waals surface area contributed by atoms with E-state index in [1.165, 1.54) is 33.4 Å². The fraction of sp³-hybridized carbons (Fsp3) is 0.143. The minimum Gasteiger partial charge on any atom is -0.455 e. The Labute approximate surface area is 389 Å². The van der Waals surface area contributed by atoms with Gasteiger partial charge in [-0.1, -0.05) is 187 Å². The minimum absolute atomic E-state index is 0.0238. The smallest absolute Gasteiger partial charge is 0.145 e. The molecular weight excluding hydrogens is 801 g/mol. The van der Waals surface area contributed by atoms with Gasteiger partial charge in [0.2, 0.25) is 0 Å². The molecule has 0 saturated heterocycles. The monoisotopic (exact) mass is 854 g/mol. The van der Waals surface area contributed by atoms with E-state index in [1.807, 2.05) is 0 Å². The number of anilines is 6. The summed E-state index contributed by atoms with van der Waals surface area (Å²) in [6.07, 6.45) is 0. The van der Waals surface area contributed by atoms with Crippen molar-refractivity contribution in [2.45, 2.75) is 57.8 Å². The van der Waals surface area contributed by atoms with Gasteiger partial charge in [-0.2, -0.15) is 0 Å². The Kier molecular flexibility index (Phi) is 9.85. The summed E-state index contributed by atoms with van der Waals surface area (Å²) < 4.78 is 7.29. The SMILES string of the molecule is CC(C)(C)c1ccc(C2(c3ccc(C(C)(C)C)cc3)c3cc(N(c4ccccc4)c4ccccc4)ccc3-c3c2cc(N(c2ccccc2)c2ccccc2)c2c3oc3ccccc32)cc1. The number of para-hydroxylation sites is 5. The predicted molar refractivity (Wildman–Crippen MR) is 278 cm³/mol. The molecule has 3 heteroatoms. The summed E-state index contributed by atoms with van der Waals surface area (Å²) in [5.41, 5.74) is 17.1. The predicted octanol–water partition coefficient (Wildman–Crippen LogP) is 17.5. The Morgan fingerprint density at radius 1 is 0.394 bits per heavy atom. The van der Waals surface area contributed by atoms with Crippen molar-refractivity contribution >= 4 is 56.1 Å². The van der Waals surface area contributed by atoms with E-state index in [0.717, 1.165) is 67.2 Å². The molecule has 11 rings (SSSR count). The average molecular weight is 855 g/mol. The van der Waals surface area contributed by atoms with Gasteiger partial charge < -0.3 is 14.2 Å². The van der Waals surface area contributed by atoms with E-state index >= 15 is 0 Å². The lowest BCUT2D eigenvalue weighted by molar-refractivity contribution is 0.588. The summed E-state index contributed by atoms with van der Waals surface area (Å²) in [6.45, 7) is 13.8. The number of hydrogen-bond donors (Lipinski definition) is 0. The third kappa shape index (κ3) is 6.72. The maximum atomic E-state index is 7.29. The first-order valence-corrected chi connectivity index (χ1v) is 23.2. The van der Waals surface area contributed by atoms with Gasteiger partial charge in [0.05, 0.1) is 16.5 Å².